The van der Waals surface area contributed by atoms with E-state index in [0.717, 1.165) is 33.5 Å². The van der Waals surface area contributed by atoms with Gasteiger partial charge in [0.15, 0.2) is 0 Å². The van der Waals surface area contributed by atoms with Gasteiger partial charge in [-0.3, -0.25) is 0 Å². The Kier molecular flexibility index (Phi) is 4.38. The molecule has 0 atom stereocenters. The van der Waals surface area contributed by atoms with Crippen LogP contribution in [0, 0.1) is 6.92 Å². The maximum absolute atomic E-state index is 5.78. The first-order valence-electron chi connectivity index (χ1n) is 6.76. The Hall–Kier alpha value is -0.910. The zero-order valence-corrected chi connectivity index (χ0v) is 13.8. The highest BCUT2D eigenvalue weighted by atomic mass is 79.9. The van der Waals surface area contributed by atoms with Crippen molar-refractivity contribution in [2.24, 2.45) is 0 Å². The molecule has 1 aliphatic rings. The number of nitrogens with zero attached hydrogens (tertiary/aromatic N) is 1. The molecule has 1 aliphatic carbocycles. The number of aromatic nitrogens is 1. The molecule has 3 rings (SSSR count). The van der Waals surface area contributed by atoms with Crippen molar-refractivity contribution in [1.29, 1.82) is 0 Å². The standard InChI is InChI=1S/C15H17BrN2OS/c1-10-6-13(4-5-14(10)16)19-8-12-9-20-15(18-12)7-17-11-2-3-11/h4-6,9,11,17H,2-3,7-8H2,1H3. The van der Waals surface area contributed by atoms with E-state index >= 15 is 0 Å². The van der Waals surface area contributed by atoms with Crippen molar-refractivity contribution in [2.75, 3.05) is 0 Å². The fraction of sp³-hybridized carbons (Fsp3) is 0.400. The Morgan fingerprint density at radius 3 is 3.05 bits per heavy atom. The minimum absolute atomic E-state index is 0.529. The summed E-state index contributed by atoms with van der Waals surface area (Å²) in [7, 11) is 0. The molecule has 3 nitrogen and oxygen atoms in total. The summed E-state index contributed by atoms with van der Waals surface area (Å²) in [6, 6.07) is 6.74. The van der Waals surface area contributed by atoms with Crippen LogP contribution in [0.2, 0.25) is 0 Å². The smallest absolute Gasteiger partial charge is 0.131 e. The van der Waals surface area contributed by atoms with Crippen LogP contribution in [-0.4, -0.2) is 11.0 Å². The third kappa shape index (κ3) is 3.81. The number of halogens is 1. The van der Waals surface area contributed by atoms with Gasteiger partial charge < -0.3 is 10.1 Å². The summed E-state index contributed by atoms with van der Waals surface area (Å²) in [6.45, 7) is 3.47. The molecule has 0 aliphatic heterocycles. The first kappa shape index (κ1) is 14.0. The van der Waals surface area contributed by atoms with E-state index in [1.54, 1.807) is 11.3 Å². The number of thiazole rings is 1. The van der Waals surface area contributed by atoms with E-state index in [9.17, 15) is 0 Å². The second-order valence-corrected chi connectivity index (χ2v) is 6.88. The van der Waals surface area contributed by atoms with Gasteiger partial charge in [-0.25, -0.2) is 4.98 Å². The number of nitrogens with one attached hydrogen (secondary N) is 1. The summed E-state index contributed by atoms with van der Waals surface area (Å²) < 4.78 is 6.89. The van der Waals surface area contributed by atoms with Gasteiger partial charge in [0.1, 0.15) is 17.4 Å². The van der Waals surface area contributed by atoms with Crippen LogP contribution in [-0.2, 0) is 13.2 Å². The van der Waals surface area contributed by atoms with E-state index in [4.69, 9.17) is 4.74 Å². The lowest BCUT2D eigenvalue weighted by molar-refractivity contribution is 0.301. The van der Waals surface area contributed by atoms with Crippen molar-refractivity contribution in [3.8, 4) is 5.75 Å². The molecular weight excluding hydrogens is 336 g/mol. The minimum atomic E-state index is 0.529. The lowest BCUT2D eigenvalue weighted by Gasteiger charge is -2.06. The molecule has 0 bridgehead atoms. The van der Waals surface area contributed by atoms with Crippen LogP contribution in [0.3, 0.4) is 0 Å². The zero-order valence-electron chi connectivity index (χ0n) is 11.4. The largest absolute Gasteiger partial charge is 0.487 e. The van der Waals surface area contributed by atoms with Gasteiger partial charge >= 0.3 is 0 Å². The number of hydrogen-bond acceptors (Lipinski definition) is 4. The third-order valence-corrected chi connectivity index (χ3v) is 5.02. The van der Waals surface area contributed by atoms with E-state index in [-0.39, 0.29) is 0 Å². The molecule has 5 heteroatoms. The molecule has 0 radical (unpaired) electrons. The predicted molar refractivity (Wildman–Crippen MR) is 85.2 cm³/mol. The quantitative estimate of drug-likeness (QED) is 0.851. The second-order valence-electron chi connectivity index (χ2n) is 5.09. The molecule has 1 aromatic heterocycles. The van der Waals surface area contributed by atoms with E-state index in [1.807, 2.05) is 18.2 Å². The highest BCUT2D eigenvalue weighted by Gasteiger charge is 2.20. The van der Waals surface area contributed by atoms with E-state index in [0.29, 0.717) is 6.61 Å². The number of aryl methyl sites for hydroxylation is 1. The molecule has 20 heavy (non-hydrogen) atoms. The van der Waals surface area contributed by atoms with Crippen LogP contribution >= 0.6 is 27.3 Å². The predicted octanol–water partition coefficient (Wildman–Crippen LogP) is 4.05. The van der Waals surface area contributed by atoms with Gasteiger partial charge in [0.2, 0.25) is 0 Å². The second kappa shape index (κ2) is 6.24. The van der Waals surface area contributed by atoms with Gasteiger partial charge in [0, 0.05) is 22.4 Å². The average molecular weight is 353 g/mol. The van der Waals surface area contributed by atoms with Crippen LogP contribution in [0.1, 0.15) is 29.1 Å². The highest BCUT2D eigenvalue weighted by Crippen LogP contribution is 2.23. The maximum atomic E-state index is 5.78. The van der Waals surface area contributed by atoms with Crippen molar-refractivity contribution in [1.82, 2.24) is 10.3 Å². The normalized spacial score (nSPS) is 14.5. The van der Waals surface area contributed by atoms with Gasteiger partial charge in [-0.05, 0) is 43.5 Å². The summed E-state index contributed by atoms with van der Waals surface area (Å²) in [5.74, 6) is 0.886. The summed E-state index contributed by atoms with van der Waals surface area (Å²) in [5, 5.41) is 6.70. The Morgan fingerprint density at radius 2 is 2.30 bits per heavy atom. The van der Waals surface area contributed by atoms with Crippen molar-refractivity contribution >= 4 is 27.3 Å². The molecular formula is C15H17BrN2OS. The average Bonchev–Trinajstić information content (AvgIpc) is 3.16. The van der Waals surface area contributed by atoms with Gasteiger partial charge in [-0.1, -0.05) is 15.9 Å². The molecule has 1 aromatic carbocycles. The summed E-state index contributed by atoms with van der Waals surface area (Å²) in [4.78, 5) is 4.59. The Morgan fingerprint density at radius 1 is 1.45 bits per heavy atom. The number of ether oxygens (including phenoxy) is 1. The van der Waals surface area contributed by atoms with Gasteiger partial charge in [0.05, 0.1) is 5.69 Å². The van der Waals surface area contributed by atoms with Crippen LogP contribution in [0.15, 0.2) is 28.1 Å². The lowest BCUT2D eigenvalue weighted by Crippen LogP contribution is -2.15. The van der Waals surface area contributed by atoms with E-state index < -0.39 is 0 Å². The van der Waals surface area contributed by atoms with E-state index in [2.05, 4.69) is 38.5 Å². The first-order chi connectivity index (χ1) is 9.70. The molecule has 0 spiro atoms. The van der Waals surface area contributed by atoms with Gasteiger partial charge in [-0.2, -0.15) is 0 Å². The molecule has 106 valence electrons. The molecule has 0 saturated heterocycles. The third-order valence-electron chi connectivity index (χ3n) is 3.23. The molecule has 0 amide bonds. The van der Waals surface area contributed by atoms with Crippen LogP contribution < -0.4 is 10.1 Å². The molecule has 1 saturated carbocycles. The van der Waals surface area contributed by atoms with E-state index in [1.165, 1.54) is 18.4 Å². The van der Waals surface area contributed by atoms with Gasteiger partial charge in [0.25, 0.3) is 0 Å². The summed E-state index contributed by atoms with van der Waals surface area (Å²) in [5.41, 5.74) is 2.18. The van der Waals surface area contributed by atoms with Crippen molar-refractivity contribution in [3.63, 3.8) is 0 Å². The zero-order chi connectivity index (χ0) is 13.9. The molecule has 1 heterocycles. The number of hydrogen-bond donors (Lipinski definition) is 1. The maximum Gasteiger partial charge on any atom is 0.131 e. The van der Waals surface area contributed by atoms with Gasteiger partial charge in [-0.15, -0.1) is 11.3 Å². The fourth-order valence-corrected chi connectivity index (χ4v) is 2.86. The Balaban J connectivity index is 1.53. The van der Waals surface area contributed by atoms with Crippen LogP contribution in [0.25, 0.3) is 0 Å². The van der Waals surface area contributed by atoms with Crippen LogP contribution in [0.5, 0.6) is 5.75 Å². The topological polar surface area (TPSA) is 34.1 Å². The number of rotatable bonds is 6. The monoisotopic (exact) mass is 352 g/mol. The highest BCUT2D eigenvalue weighted by molar-refractivity contribution is 9.10. The SMILES string of the molecule is Cc1cc(OCc2csc(CNC3CC3)n2)ccc1Br. The fourth-order valence-electron chi connectivity index (χ4n) is 1.88. The van der Waals surface area contributed by atoms with Crippen LogP contribution in [0.4, 0.5) is 0 Å². The first-order valence-corrected chi connectivity index (χ1v) is 8.43. The summed E-state index contributed by atoms with van der Waals surface area (Å²) >= 11 is 5.19. The summed E-state index contributed by atoms with van der Waals surface area (Å²) in [6.07, 6.45) is 2.62. The van der Waals surface area contributed by atoms with Crippen molar-refractivity contribution in [3.05, 3.63) is 44.3 Å². The van der Waals surface area contributed by atoms with Crippen molar-refractivity contribution < 1.29 is 4.74 Å². The molecule has 2 aromatic rings. The molecule has 1 N–H and O–H groups in total. The van der Waals surface area contributed by atoms with Crippen molar-refractivity contribution in [2.45, 2.75) is 39.0 Å². The molecule has 1 fully saturated rings. The Bertz CT molecular complexity index is 595. The molecule has 0 unspecified atom stereocenters. The number of benzene rings is 1. The minimum Gasteiger partial charge on any atom is -0.487 e. The Labute approximate surface area is 131 Å². The lowest BCUT2D eigenvalue weighted by atomic mass is 10.2.